The summed E-state index contributed by atoms with van der Waals surface area (Å²) in [4.78, 5) is 11.6. The fourth-order valence-corrected chi connectivity index (χ4v) is 1.44. The number of carbonyl (C=O) groups is 1. The number of nitrogens with two attached hydrogens (primary N) is 1. The van der Waals surface area contributed by atoms with Crippen molar-refractivity contribution in [3.05, 3.63) is 22.2 Å². The van der Waals surface area contributed by atoms with Crippen LogP contribution in [0.3, 0.4) is 0 Å². The summed E-state index contributed by atoms with van der Waals surface area (Å²) in [6, 6.07) is 0.637. The molecule has 1 atom stereocenters. The van der Waals surface area contributed by atoms with Gasteiger partial charge in [0.1, 0.15) is 16.5 Å². The average molecular weight is 230 g/mol. The van der Waals surface area contributed by atoms with Crippen LogP contribution in [0.1, 0.15) is 22.8 Å². The molecule has 0 saturated carbocycles. The van der Waals surface area contributed by atoms with Crippen LogP contribution in [0.15, 0.2) is 6.07 Å². The summed E-state index contributed by atoms with van der Waals surface area (Å²) in [6.45, 7) is 3.09. The zero-order valence-electron chi connectivity index (χ0n) is 8.41. The second-order valence-electron chi connectivity index (χ2n) is 3.41. The van der Waals surface area contributed by atoms with Crippen molar-refractivity contribution < 1.29 is 15.0 Å². The van der Waals surface area contributed by atoms with Gasteiger partial charge in [0.15, 0.2) is 5.78 Å². The summed E-state index contributed by atoms with van der Waals surface area (Å²) in [7, 11) is 0. The number of carbonyl (C=O) groups excluding carboxylic acids is 1. The van der Waals surface area contributed by atoms with Crippen LogP contribution in [0.5, 0.6) is 11.5 Å². The molecule has 0 fully saturated rings. The summed E-state index contributed by atoms with van der Waals surface area (Å²) in [5, 5.41) is 18.7. The maximum absolute atomic E-state index is 11.6. The lowest BCUT2D eigenvalue weighted by Crippen LogP contribution is -2.26. The third-order valence-corrected chi connectivity index (χ3v) is 2.44. The van der Waals surface area contributed by atoms with Gasteiger partial charge in [-0.2, -0.15) is 0 Å². The van der Waals surface area contributed by atoms with Gasteiger partial charge in [-0.15, -0.1) is 0 Å². The maximum atomic E-state index is 11.6. The van der Waals surface area contributed by atoms with Gasteiger partial charge in [0.2, 0.25) is 0 Å². The fraction of sp³-hybridized carbons (Fsp3) is 0.300. The van der Waals surface area contributed by atoms with Crippen LogP contribution >= 0.6 is 11.6 Å². The van der Waals surface area contributed by atoms with Gasteiger partial charge in [0.05, 0.1) is 11.6 Å². The number of aryl methyl sites for hydroxylation is 1. The van der Waals surface area contributed by atoms with E-state index in [0.717, 1.165) is 0 Å². The van der Waals surface area contributed by atoms with E-state index in [0.29, 0.717) is 5.56 Å². The molecule has 0 heterocycles. The fourth-order valence-electron chi connectivity index (χ4n) is 1.19. The number of benzene rings is 1. The Morgan fingerprint density at radius 3 is 2.47 bits per heavy atom. The molecule has 0 aliphatic heterocycles. The van der Waals surface area contributed by atoms with Crippen molar-refractivity contribution in [3.8, 4) is 11.5 Å². The number of Topliss-reactive ketones (excluding diaryl/α,β-unsaturated/α-hetero) is 1. The molecule has 0 saturated heterocycles. The summed E-state index contributed by atoms with van der Waals surface area (Å²) < 4.78 is 0. The van der Waals surface area contributed by atoms with Crippen molar-refractivity contribution in [2.45, 2.75) is 19.9 Å². The van der Waals surface area contributed by atoms with E-state index in [1.54, 1.807) is 6.92 Å². The Labute approximate surface area is 92.3 Å². The average Bonchev–Trinajstić information content (AvgIpc) is 2.19. The first kappa shape index (κ1) is 11.8. The predicted molar refractivity (Wildman–Crippen MR) is 57.5 cm³/mol. The molecule has 15 heavy (non-hydrogen) atoms. The second kappa shape index (κ2) is 4.08. The molecule has 1 unspecified atom stereocenters. The zero-order chi connectivity index (χ0) is 11.7. The lowest BCUT2D eigenvalue weighted by molar-refractivity contribution is 0.0965. The third-order valence-electron chi connectivity index (χ3n) is 2.08. The van der Waals surface area contributed by atoms with Gasteiger partial charge in [-0.3, -0.25) is 4.79 Å². The highest BCUT2D eigenvalue weighted by molar-refractivity contribution is 6.34. The molecule has 0 radical (unpaired) electrons. The normalized spacial score (nSPS) is 12.5. The number of ketones is 1. The third kappa shape index (κ3) is 2.06. The topological polar surface area (TPSA) is 83.6 Å². The first-order valence-corrected chi connectivity index (χ1v) is 4.74. The molecule has 1 aromatic rings. The molecule has 4 nitrogen and oxygen atoms in total. The molecule has 1 aromatic carbocycles. The molecule has 0 aliphatic carbocycles. The van der Waals surface area contributed by atoms with E-state index in [4.69, 9.17) is 17.3 Å². The van der Waals surface area contributed by atoms with Crippen molar-refractivity contribution in [1.29, 1.82) is 0 Å². The summed E-state index contributed by atoms with van der Waals surface area (Å²) >= 11 is 5.64. The molecule has 0 spiro atoms. The largest absolute Gasteiger partial charge is 0.506 e. The minimum absolute atomic E-state index is 0.0327. The first-order chi connectivity index (χ1) is 6.86. The van der Waals surface area contributed by atoms with Gasteiger partial charge < -0.3 is 15.9 Å². The standard InChI is InChI=1S/C10H12ClNO3/c1-4-3-6(9(14)5(2)12)10(15)7(11)8(4)13/h3,5,13,15H,12H2,1-2H3. The summed E-state index contributed by atoms with van der Waals surface area (Å²) in [6.07, 6.45) is 0. The Morgan fingerprint density at radius 1 is 1.47 bits per heavy atom. The van der Waals surface area contributed by atoms with Crippen molar-refractivity contribution in [2.75, 3.05) is 0 Å². The lowest BCUT2D eigenvalue weighted by atomic mass is 10.0. The molecule has 1 rings (SSSR count). The molecule has 0 aromatic heterocycles. The molecule has 82 valence electrons. The van der Waals surface area contributed by atoms with Crippen LogP contribution < -0.4 is 5.73 Å². The molecule has 4 N–H and O–H groups in total. The molecular weight excluding hydrogens is 218 g/mol. The van der Waals surface area contributed by atoms with Crippen LogP contribution in [0, 0.1) is 6.92 Å². The van der Waals surface area contributed by atoms with Gasteiger partial charge in [-0.25, -0.2) is 0 Å². The molecule has 0 bridgehead atoms. The Hall–Kier alpha value is -1.26. The van der Waals surface area contributed by atoms with Gasteiger partial charge in [0, 0.05) is 0 Å². The number of rotatable bonds is 2. The van der Waals surface area contributed by atoms with Crippen molar-refractivity contribution in [1.82, 2.24) is 0 Å². The van der Waals surface area contributed by atoms with E-state index in [-0.39, 0.29) is 16.3 Å². The highest BCUT2D eigenvalue weighted by atomic mass is 35.5. The van der Waals surface area contributed by atoms with E-state index < -0.39 is 17.6 Å². The highest BCUT2D eigenvalue weighted by Crippen LogP contribution is 2.38. The number of phenolic OH excluding ortho intramolecular Hbond substituents is 2. The highest BCUT2D eigenvalue weighted by Gasteiger charge is 2.20. The van der Waals surface area contributed by atoms with Crippen molar-refractivity contribution in [3.63, 3.8) is 0 Å². The summed E-state index contributed by atoms with van der Waals surface area (Å²) in [5.74, 6) is -1.07. The number of aromatic hydroxyl groups is 2. The molecular formula is C10H12ClNO3. The Morgan fingerprint density at radius 2 is 2.00 bits per heavy atom. The van der Waals surface area contributed by atoms with Crippen LogP contribution in [-0.4, -0.2) is 22.0 Å². The van der Waals surface area contributed by atoms with Gasteiger partial charge in [-0.1, -0.05) is 11.6 Å². The molecule has 0 amide bonds. The van der Waals surface area contributed by atoms with E-state index in [2.05, 4.69) is 0 Å². The Balaban J connectivity index is 3.39. The number of halogens is 1. The van der Waals surface area contributed by atoms with Crippen molar-refractivity contribution >= 4 is 17.4 Å². The minimum atomic E-state index is -0.726. The van der Waals surface area contributed by atoms with Crippen molar-refractivity contribution in [2.24, 2.45) is 5.73 Å². The first-order valence-electron chi connectivity index (χ1n) is 4.37. The van der Waals surface area contributed by atoms with E-state index in [1.807, 2.05) is 0 Å². The van der Waals surface area contributed by atoms with Crippen LogP contribution in [-0.2, 0) is 0 Å². The van der Waals surface area contributed by atoms with Gasteiger partial charge in [-0.05, 0) is 25.5 Å². The smallest absolute Gasteiger partial charge is 0.183 e. The van der Waals surface area contributed by atoms with Crippen LogP contribution in [0.25, 0.3) is 0 Å². The summed E-state index contributed by atoms with van der Waals surface area (Å²) in [5.41, 5.74) is 5.86. The van der Waals surface area contributed by atoms with E-state index >= 15 is 0 Å². The second-order valence-corrected chi connectivity index (χ2v) is 3.78. The monoisotopic (exact) mass is 229 g/mol. The van der Waals surface area contributed by atoms with Crippen LogP contribution in [0.2, 0.25) is 5.02 Å². The minimum Gasteiger partial charge on any atom is -0.506 e. The van der Waals surface area contributed by atoms with E-state index in [1.165, 1.54) is 13.0 Å². The zero-order valence-corrected chi connectivity index (χ0v) is 9.17. The quantitative estimate of drug-likeness (QED) is 0.673. The van der Waals surface area contributed by atoms with E-state index in [9.17, 15) is 15.0 Å². The Kier molecular flexibility index (Phi) is 3.21. The van der Waals surface area contributed by atoms with Gasteiger partial charge in [0.25, 0.3) is 0 Å². The SMILES string of the molecule is Cc1cc(C(=O)C(C)N)c(O)c(Cl)c1O. The molecule has 5 heteroatoms. The number of phenols is 2. The Bertz CT molecular complexity index is 416. The van der Waals surface area contributed by atoms with Crippen LogP contribution in [0.4, 0.5) is 0 Å². The number of hydrogen-bond donors (Lipinski definition) is 3. The predicted octanol–water partition coefficient (Wildman–Crippen LogP) is 1.59. The maximum Gasteiger partial charge on any atom is 0.183 e. The lowest BCUT2D eigenvalue weighted by Gasteiger charge is -2.10. The van der Waals surface area contributed by atoms with Gasteiger partial charge >= 0.3 is 0 Å². The number of hydrogen-bond acceptors (Lipinski definition) is 4. The molecule has 0 aliphatic rings.